The van der Waals surface area contributed by atoms with Gasteiger partial charge in [-0.25, -0.2) is 0 Å². The third kappa shape index (κ3) is 2.69. The lowest BCUT2D eigenvalue weighted by atomic mass is 9.82. The van der Waals surface area contributed by atoms with Gasteiger partial charge in [-0.05, 0) is 48.6 Å². The summed E-state index contributed by atoms with van der Waals surface area (Å²) in [6, 6.07) is 6.61. The van der Waals surface area contributed by atoms with Crippen LogP contribution in [-0.4, -0.2) is 6.54 Å². The summed E-state index contributed by atoms with van der Waals surface area (Å²) in [6.07, 6.45) is 1.14. The van der Waals surface area contributed by atoms with Gasteiger partial charge < -0.3 is 9.73 Å². The second kappa shape index (κ2) is 5.38. The van der Waals surface area contributed by atoms with Crippen LogP contribution in [0.15, 0.2) is 22.6 Å². The maximum atomic E-state index is 5.94. The van der Waals surface area contributed by atoms with Gasteiger partial charge in [0.1, 0.15) is 11.3 Å². The van der Waals surface area contributed by atoms with Crippen LogP contribution in [0.4, 0.5) is 0 Å². The van der Waals surface area contributed by atoms with Gasteiger partial charge in [-0.2, -0.15) is 0 Å². The topological polar surface area (TPSA) is 25.2 Å². The molecule has 2 nitrogen and oxygen atoms in total. The predicted octanol–water partition coefficient (Wildman–Crippen LogP) is 4.54. The molecular weight excluding hydrogens is 234 g/mol. The van der Waals surface area contributed by atoms with Gasteiger partial charge in [0.15, 0.2) is 0 Å². The molecule has 0 radical (unpaired) electrons. The van der Waals surface area contributed by atoms with Crippen LogP contribution in [0.3, 0.4) is 0 Å². The van der Waals surface area contributed by atoms with Crippen molar-refractivity contribution in [3.8, 4) is 0 Å². The lowest BCUT2D eigenvalue weighted by Crippen LogP contribution is -2.15. The molecule has 0 saturated heterocycles. The molecule has 2 heteroatoms. The molecule has 0 fully saturated rings. The number of hydrogen-bond acceptors (Lipinski definition) is 2. The summed E-state index contributed by atoms with van der Waals surface area (Å²) in [5.74, 6) is 1.06. The minimum atomic E-state index is 0.222. The maximum Gasteiger partial charge on any atom is 0.134 e. The van der Waals surface area contributed by atoms with Crippen molar-refractivity contribution in [1.82, 2.24) is 5.32 Å². The highest BCUT2D eigenvalue weighted by Crippen LogP contribution is 2.32. The minimum Gasteiger partial charge on any atom is -0.459 e. The summed E-state index contributed by atoms with van der Waals surface area (Å²) in [7, 11) is 0. The molecule has 0 saturated carbocycles. The Kier molecular flexibility index (Phi) is 4.00. The maximum absolute atomic E-state index is 5.94. The summed E-state index contributed by atoms with van der Waals surface area (Å²) in [5, 5.41) is 4.59. The average Bonchev–Trinajstić information content (AvgIpc) is 2.73. The second-order valence-corrected chi connectivity index (χ2v) is 5.88. The van der Waals surface area contributed by atoms with Crippen LogP contribution in [0, 0.1) is 6.92 Å². The summed E-state index contributed by atoms with van der Waals surface area (Å²) < 4.78 is 5.94. The van der Waals surface area contributed by atoms with Crippen molar-refractivity contribution < 1.29 is 4.42 Å². The first kappa shape index (κ1) is 14.1. The number of aryl methyl sites for hydroxylation is 1. The van der Waals surface area contributed by atoms with E-state index in [0.29, 0.717) is 0 Å². The molecule has 104 valence electrons. The van der Waals surface area contributed by atoms with Crippen LogP contribution in [0.2, 0.25) is 0 Å². The molecule has 2 aromatic rings. The zero-order chi connectivity index (χ0) is 14.0. The Balaban J connectivity index is 2.45. The first-order chi connectivity index (χ1) is 8.99. The minimum absolute atomic E-state index is 0.222. The van der Waals surface area contributed by atoms with E-state index in [2.05, 4.69) is 58.1 Å². The van der Waals surface area contributed by atoms with Crippen molar-refractivity contribution in [3.05, 3.63) is 35.1 Å². The van der Waals surface area contributed by atoms with Crippen LogP contribution >= 0.6 is 0 Å². The van der Waals surface area contributed by atoms with E-state index in [9.17, 15) is 0 Å². The van der Waals surface area contributed by atoms with E-state index in [1.165, 1.54) is 16.5 Å². The monoisotopic (exact) mass is 259 g/mol. The van der Waals surface area contributed by atoms with E-state index in [1.807, 2.05) is 0 Å². The van der Waals surface area contributed by atoms with E-state index in [4.69, 9.17) is 4.42 Å². The van der Waals surface area contributed by atoms with Crippen molar-refractivity contribution in [2.45, 2.75) is 53.0 Å². The van der Waals surface area contributed by atoms with E-state index in [-0.39, 0.29) is 5.41 Å². The molecule has 1 N–H and O–H groups in total. The molecule has 0 atom stereocenters. The van der Waals surface area contributed by atoms with E-state index in [0.717, 1.165) is 30.9 Å². The van der Waals surface area contributed by atoms with Crippen LogP contribution in [0.25, 0.3) is 11.0 Å². The average molecular weight is 259 g/mol. The van der Waals surface area contributed by atoms with Crippen molar-refractivity contribution in [1.29, 1.82) is 0 Å². The van der Waals surface area contributed by atoms with Crippen LogP contribution in [0.1, 0.15) is 51.0 Å². The fraction of sp³-hybridized carbons (Fsp3) is 0.529. The molecule has 0 spiro atoms. The predicted molar refractivity (Wildman–Crippen MR) is 81.6 cm³/mol. The first-order valence-electron chi connectivity index (χ1n) is 7.22. The van der Waals surface area contributed by atoms with E-state index >= 15 is 0 Å². The summed E-state index contributed by atoms with van der Waals surface area (Å²) in [6.45, 7) is 12.9. The molecule has 1 aromatic carbocycles. The quantitative estimate of drug-likeness (QED) is 0.853. The Hall–Kier alpha value is -1.28. The number of fused-ring (bicyclic) bond motifs is 1. The Labute approximate surface area is 116 Å². The van der Waals surface area contributed by atoms with Gasteiger partial charge in [0.05, 0.1) is 6.54 Å². The highest BCUT2D eigenvalue weighted by molar-refractivity contribution is 5.83. The zero-order valence-electron chi connectivity index (χ0n) is 12.8. The Morgan fingerprint density at radius 2 is 1.95 bits per heavy atom. The van der Waals surface area contributed by atoms with Crippen molar-refractivity contribution in [2.75, 3.05) is 6.54 Å². The van der Waals surface area contributed by atoms with Crippen LogP contribution in [-0.2, 0) is 12.0 Å². The summed E-state index contributed by atoms with van der Waals surface area (Å²) in [4.78, 5) is 0. The summed E-state index contributed by atoms with van der Waals surface area (Å²) in [5.41, 5.74) is 3.88. The van der Waals surface area contributed by atoms with Gasteiger partial charge in [-0.3, -0.25) is 0 Å². The normalized spacial score (nSPS) is 12.3. The van der Waals surface area contributed by atoms with Gasteiger partial charge in [0.25, 0.3) is 0 Å². The van der Waals surface area contributed by atoms with Crippen molar-refractivity contribution >= 4 is 11.0 Å². The summed E-state index contributed by atoms with van der Waals surface area (Å²) >= 11 is 0. The van der Waals surface area contributed by atoms with E-state index in [1.54, 1.807) is 0 Å². The first-order valence-corrected chi connectivity index (χ1v) is 7.22. The van der Waals surface area contributed by atoms with Gasteiger partial charge in [-0.15, -0.1) is 0 Å². The second-order valence-electron chi connectivity index (χ2n) is 5.88. The van der Waals surface area contributed by atoms with Gasteiger partial charge >= 0.3 is 0 Å². The molecule has 0 aliphatic rings. The molecule has 2 rings (SSSR count). The van der Waals surface area contributed by atoms with Crippen molar-refractivity contribution in [3.63, 3.8) is 0 Å². The highest BCUT2D eigenvalue weighted by Gasteiger charge is 2.20. The molecule has 0 bridgehead atoms. The fourth-order valence-corrected chi connectivity index (χ4v) is 2.30. The molecule has 1 aromatic heterocycles. The fourth-order valence-electron chi connectivity index (χ4n) is 2.30. The number of benzene rings is 1. The molecule has 19 heavy (non-hydrogen) atoms. The van der Waals surface area contributed by atoms with Crippen molar-refractivity contribution in [2.24, 2.45) is 0 Å². The molecular formula is C17H25NO. The Bertz CT molecular complexity index is 566. The molecule has 0 aliphatic heterocycles. The Morgan fingerprint density at radius 3 is 2.58 bits per heavy atom. The number of hydrogen-bond donors (Lipinski definition) is 1. The number of nitrogens with one attached hydrogen (secondary N) is 1. The van der Waals surface area contributed by atoms with Crippen LogP contribution < -0.4 is 5.32 Å². The van der Waals surface area contributed by atoms with Gasteiger partial charge in [-0.1, -0.05) is 33.8 Å². The largest absolute Gasteiger partial charge is 0.459 e. The lowest BCUT2D eigenvalue weighted by Gasteiger charge is -2.23. The third-order valence-electron chi connectivity index (χ3n) is 4.24. The lowest BCUT2D eigenvalue weighted by molar-refractivity contribution is 0.505. The zero-order valence-corrected chi connectivity index (χ0v) is 12.8. The number of rotatable bonds is 5. The standard InChI is InChI=1S/C17H25NO/c1-6-17(4,5)13-8-9-15-14(10-13)12(3)16(19-15)11-18-7-2/h8-10,18H,6-7,11H2,1-5H3. The van der Waals surface area contributed by atoms with Gasteiger partial charge in [0, 0.05) is 5.39 Å². The Morgan fingerprint density at radius 1 is 1.21 bits per heavy atom. The van der Waals surface area contributed by atoms with Gasteiger partial charge in [0.2, 0.25) is 0 Å². The molecule has 1 heterocycles. The molecule has 0 aliphatic carbocycles. The molecule has 0 unspecified atom stereocenters. The number of furan rings is 1. The molecule has 0 amide bonds. The third-order valence-corrected chi connectivity index (χ3v) is 4.24. The SMILES string of the molecule is CCNCc1oc2ccc(C(C)(C)CC)cc2c1C. The smallest absolute Gasteiger partial charge is 0.134 e. The highest BCUT2D eigenvalue weighted by atomic mass is 16.3. The van der Waals surface area contributed by atoms with E-state index < -0.39 is 0 Å². The van der Waals surface area contributed by atoms with Crippen LogP contribution in [0.5, 0.6) is 0 Å².